The number of fused-ring (bicyclic) bond motifs is 1. The first-order valence-corrected chi connectivity index (χ1v) is 20.0. The first kappa shape index (κ1) is 46.6. The summed E-state index contributed by atoms with van der Waals surface area (Å²) in [5, 5.41) is 34.9. The van der Waals surface area contributed by atoms with Gasteiger partial charge in [-0.15, -0.1) is 0 Å². The largest absolute Gasteiger partial charge is 0.499 e. The average Bonchev–Trinajstić information content (AvgIpc) is 3.52. The number of esters is 2. The smallest absolute Gasteiger partial charge is 0.339 e. The van der Waals surface area contributed by atoms with Crippen molar-refractivity contribution in [3.63, 3.8) is 0 Å². The summed E-state index contributed by atoms with van der Waals surface area (Å²) in [6.45, 7) is 10.2. The van der Waals surface area contributed by atoms with Gasteiger partial charge in [0.25, 0.3) is 0 Å². The minimum Gasteiger partial charge on any atom is -0.499 e. The summed E-state index contributed by atoms with van der Waals surface area (Å²) in [5.74, 6) is -3.53. The van der Waals surface area contributed by atoms with Gasteiger partial charge in [-0.25, -0.2) is 4.79 Å². The van der Waals surface area contributed by atoms with E-state index in [2.05, 4.69) is 24.5 Å². The molecule has 6 atom stereocenters. The third-order valence-corrected chi connectivity index (χ3v) is 9.52. The number of aliphatic hydroxyl groups excluding tert-OH is 3. The van der Waals surface area contributed by atoms with E-state index in [-0.39, 0.29) is 43.6 Å². The highest BCUT2D eigenvalue weighted by Crippen LogP contribution is 2.43. The Hall–Kier alpha value is -3.82. The second-order valence-corrected chi connectivity index (χ2v) is 15.5. The van der Waals surface area contributed by atoms with Crippen molar-refractivity contribution in [2.45, 2.75) is 160 Å². The molecule has 2 amide bonds. The zero-order valence-electron chi connectivity index (χ0n) is 33.9. The Balaban J connectivity index is 1.87. The van der Waals surface area contributed by atoms with E-state index in [1.165, 1.54) is 13.2 Å². The monoisotopic (exact) mass is 788 g/mol. The van der Waals surface area contributed by atoms with Crippen LogP contribution >= 0.6 is 0 Å². The van der Waals surface area contributed by atoms with E-state index < -0.39 is 78.2 Å². The first-order chi connectivity index (χ1) is 26.7. The molecule has 0 bridgehead atoms. The van der Waals surface area contributed by atoms with E-state index in [9.17, 15) is 29.4 Å². The molecule has 56 heavy (non-hydrogen) atoms. The number of ether oxygens (including phenoxy) is 5. The van der Waals surface area contributed by atoms with Crippen molar-refractivity contribution in [2.75, 3.05) is 19.8 Å². The molecule has 1 aliphatic heterocycles. The van der Waals surface area contributed by atoms with Crippen molar-refractivity contribution in [3.05, 3.63) is 53.3 Å². The lowest BCUT2D eigenvalue weighted by Crippen LogP contribution is -2.55. The molecule has 0 unspecified atom stereocenters. The Labute approximate surface area is 331 Å². The topological polar surface area (TPSA) is 199 Å². The van der Waals surface area contributed by atoms with Crippen molar-refractivity contribution in [1.29, 1.82) is 0 Å². The molecule has 2 aliphatic rings. The molecule has 1 aliphatic carbocycles. The molecule has 5 N–H and O–H groups in total. The maximum Gasteiger partial charge on any atom is 0.339 e. The molecular weight excluding hydrogens is 724 g/mol. The van der Waals surface area contributed by atoms with Crippen LogP contribution in [0, 0.1) is 0 Å². The zero-order chi connectivity index (χ0) is 41.3. The maximum atomic E-state index is 14.0. The zero-order valence-corrected chi connectivity index (χ0v) is 33.9. The summed E-state index contributed by atoms with van der Waals surface area (Å²) in [7, 11) is 0. The first-order valence-electron chi connectivity index (χ1n) is 20.0. The summed E-state index contributed by atoms with van der Waals surface area (Å²) in [5.41, 5.74) is 0.256. The van der Waals surface area contributed by atoms with Crippen molar-refractivity contribution in [1.82, 2.24) is 10.6 Å². The molecule has 0 saturated carbocycles. The van der Waals surface area contributed by atoms with E-state index >= 15 is 0 Å². The second-order valence-electron chi connectivity index (χ2n) is 15.5. The minimum absolute atomic E-state index is 0.0664. The number of rotatable bonds is 23. The molecule has 0 aromatic heterocycles. The summed E-state index contributed by atoms with van der Waals surface area (Å²) in [6, 6.07) is 4.53. The lowest BCUT2D eigenvalue weighted by atomic mass is 9.91. The minimum atomic E-state index is -1.42. The van der Waals surface area contributed by atoms with Gasteiger partial charge in [0.2, 0.25) is 11.8 Å². The van der Waals surface area contributed by atoms with E-state index in [0.29, 0.717) is 18.4 Å². The Morgan fingerprint density at radius 2 is 1.68 bits per heavy atom. The number of hydrogen-bond acceptors (Lipinski definition) is 12. The number of carbonyl (C=O) groups excluding carboxylic acids is 4. The van der Waals surface area contributed by atoms with E-state index in [1.54, 1.807) is 57.2 Å². The van der Waals surface area contributed by atoms with Gasteiger partial charge in [0.05, 0.1) is 37.2 Å². The molecule has 0 spiro atoms. The second kappa shape index (κ2) is 22.8. The van der Waals surface area contributed by atoms with Crippen molar-refractivity contribution in [2.24, 2.45) is 0 Å². The van der Waals surface area contributed by atoms with Crippen molar-refractivity contribution < 1.29 is 58.2 Å². The number of unbranched alkanes of at least 4 members (excludes halogenated alkanes) is 4. The molecule has 1 heterocycles. The molecule has 1 fully saturated rings. The van der Waals surface area contributed by atoms with Crippen LogP contribution < -0.4 is 10.6 Å². The molecule has 1 aromatic rings. The highest BCUT2D eigenvalue weighted by Gasteiger charge is 2.52. The van der Waals surface area contributed by atoms with Crippen LogP contribution in [0.3, 0.4) is 0 Å². The van der Waals surface area contributed by atoms with Gasteiger partial charge in [0.15, 0.2) is 5.79 Å². The molecule has 314 valence electrons. The number of benzene rings is 1. The molecule has 14 nitrogen and oxygen atoms in total. The van der Waals surface area contributed by atoms with Gasteiger partial charge in [-0.3, -0.25) is 14.4 Å². The van der Waals surface area contributed by atoms with Gasteiger partial charge >= 0.3 is 11.9 Å². The molecular formula is C42H64N2O12. The number of aliphatic hydroxyl groups is 3. The van der Waals surface area contributed by atoms with Crippen LogP contribution in [-0.2, 0) is 38.1 Å². The number of amides is 2. The van der Waals surface area contributed by atoms with Crippen LogP contribution in [0.5, 0.6) is 0 Å². The van der Waals surface area contributed by atoms with Gasteiger partial charge < -0.3 is 49.6 Å². The third kappa shape index (κ3) is 14.6. The lowest BCUT2D eigenvalue weighted by molar-refractivity contribution is -0.190. The third-order valence-electron chi connectivity index (χ3n) is 9.52. The number of hydrogen-bond donors (Lipinski definition) is 5. The Bertz CT molecular complexity index is 1480. The van der Waals surface area contributed by atoms with Crippen LogP contribution in [0.25, 0.3) is 6.08 Å². The average molecular weight is 789 g/mol. The fourth-order valence-corrected chi connectivity index (χ4v) is 6.70. The van der Waals surface area contributed by atoms with E-state index in [4.69, 9.17) is 28.8 Å². The Morgan fingerprint density at radius 1 is 1.00 bits per heavy atom. The summed E-state index contributed by atoms with van der Waals surface area (Å²) >= 11 is 0. The van der Waals surface area contributed by atoms with Crippen molar-refractivity contribution >= 4 is 29.8 Å². The Kier molecular flexibility index (Phi) is 19.0. The summed E-state index contributed by atoms with van der Waals surface area (Å²) in [6.07, 6.45) is 7.74. The predicted molar refractivity (Wildman–Crippen MR) is 209 cm³/mol. The maximum absolute atomic E-state index is 14.0. The van der Waals surface area contributed by atoms with E-state index in [0.717, 1.165) is 38.5 Å². The fourth-order valence-electron chi connectivity index (χ4n) is 6.70. The number of carbonyl (C=O) groups is 4. The lowest BCUT2D eigenvalue weighted by Gasteiger charge is -2.32. The van der Waals surface area contributed by atoms with Crippen LogP contribution in [0.4, 0.5) is 0 Å². The highest BCUT2D eigenvalue weighted by atomic mass is 16.8. The van der Waals surface area contributed by atoms with Crippen LogP contribution in [0.2, 0.25) is 0 Å². The quantitative estimate of drug-likeness (QED) is 0.0587. The molecule has 0 radical (unpaired) electrons. The van der Waals surface area contributed by atoms with Crippen LogP contribution in [0.1, 0.15) is 128 Å². The van der Waals surface area contributed by atoms with Gasteiger partial charge in [-0.05, 0) is 70.7 Å². The summed E-state index contributed by atoms with van der Waals surface area (Å²) in [4.78, 5) is 53.4. The van der Waals surface area contributed by atoms with Gasteiger partial charge in [-0.2, -0.15) is 0 Å². The summed E-state index contributed by atoms with van der Waals surface area (Å²) < 4.78 is 30.1. The Morgan fingerprint density at radius 3 is 2.29 bits per heavy atom. The van der Waals surface area contributed by atoms with Crippen molar-refractivity contribution in [3.8, 4) is 0 Å². The normalized spacial score (nSPS) is 20.7. The van der Waals surface area contributed by atoms with Gasteiger partial charge in [0, 0.05) is 31.3 Å². The predicted octanol–water partition coefficient (Wildman–Crippen LogP) is 4.63. The number of nitrogens with one attached hydrogen (secondary N) is 2. The van der Waals surface area contributed by atoms with E-state index in [1.807, 2.05) is 0 Å². The molecule has 1 aromatic carbocycles. The molecule has 14 heteroatoms. The molecule has 1 saturated heterocycles. The van der Waals surface area contributed by atoms with Crippen LogP contribution in [0.15, 0.2) is 42.2 Å². The standard InChI is InChI=1S/C42H64N2O12/c1-7-9-13-20-42(21-14-10-8-2)54-34-26-30(25-33(37(34)56-42)53-40(51)32-16-12-11-15-29(32)19-23-52-24-22-45)38(49)44-36(28(3)47)39(50)43-31(27-46)17-18-35(48)55-41(4,5)6/h11-12,15-16,19,23,26,28,31,33-34,36-37,45-47H,7-10,13-14,17-18,20-22,24-25,27H2,1-6H3,(H,43,50)(H,44,49)/t28-,31-,33+,34+,36+,37-/m0/s1. The highest BCUT2D eigenvalue weighted by molar-refractivity contribution is 5.98. The molecule has 3 rings (SSSR count). The van der Waals surface area contributed by atoms with Gasteiger partial charge in [0.1, 0.15) is 36.6 Å². The van der Waals surface area contributed by atoms with Crippen LogP contribution in [-0.4, -0.2) is 107 Å². The fraction of sp³-hybridized carbons (Fsp3) is 0.667. The SMILES string of the molecule is CCCCCC1(CCCCC)O[C@@H]2[C@@H](C=C(C(=O)N[C@@H](C(=O)N[C@H](CO)CCC(=O)OC(C)(C)C)[C@H](C)O)C[C@H]2OC(=O)c2ccccc2C=COCCO)O1. The van der Waals surface area contributed by atoms with Gasteiger partial charge in [-0.1, -0.05) is 57.7 Å².